The van der Waals surface area contributed by atoms with Crippen molar-refractivity contribution < 1.29 is 22.3 Å². The van der Waals surface area contributed by atoms with E-state index >= 15 is 0 Å². The van der Waals surface area contributed by atoms with Gasteiger partial charge in [0.15, 0.2) is 0 Å². The molecule has 3 rings (SSSR count). The molecule has 120 valence electrons. The number of allylic oxidation sites excluding steroid dienone is 1. The Morgan fingerprint density at radius 1 is 1.14 bits per heavy atom. The standard InChI is InChI=1S/C12H15ClF4N2OS/c1-18-2-4-19(5-3-18)9-8(13)11(20-6-7-21-11)12(16,17)10(9,14)15/h2-7H2,1H3. The molecular formula is C12H15ClF4N2OS. The molecule has 1 unspecified atom stereocenters. The van der Waals surface area contributed by atoms with Crippen molar-refractivity contribution in [2.75, 3.05) is 45.6 Å². The summed E-state index contributed by atoms with van der Waals surface area (Å²) in [5, 5.41) is -0.551. The molecule has 0 aromatic heterocycles. The van der Waals surface area contributed by atoms with Gasteiger partial charge in [0.25, 0.3) is 0 Å². The van der Waals surface area contributed by atoms with Crippen LogP contribution >= 0.6 is 23.4 Å². The van der Waals surface area contributed by atoms with Crippen LogP contribution in [0, 0.1) is 0 Å². The molecule has 0 amide bonds. The lowest BCUT2D eigenvalue weighted by Gasteiger charge is -2.37. The largest absolute Gasteiger partial charge is 0.366 e. The van der Waals surface area contributed by atoms with E-state index in [0.29, 0.717) is 24.9 Å². The van der Waals surface area contributed by atoms with Crippen molar-refractivity contribution in [3.05, 3.63) is 10.7 Å². The SMILES string of the molecule is CN1CCN(C2=C(Cl)C3(OCCS3)C(F)(F)C2(F)F)CC1. The third-order valence-corrected chi connectivity index (χ3v) is 6.03. The summed E-state index contributed by atoms with van der Waals surface area (Å²) >= 11 is 6.66. The summed E-state index contributed by atoms with van der Waals surface area (Å²) in [6.07, 6.45) is 0. The van der Waals surface area contributed by atoms with Crippen LogP contribution in [0.2, 0.25) is 0 Å². The third kappa shape index (κ3) is 1.95. The molecule has 1 atom stereocenters. The van der Waals surface area contributed by atoms with Gasteiger partial charge in [0.2, 0.25) is 4.93 Å². The maximum atomic E-state index is 14.4. The Morgan fingerprint density at radius 2 is 1.76 bits per heavy atom. The van der Waals surface area contributed by atoms with Crippen molar-refractivity contribution in [1.29, 1.82) is 0 Å². The minimum atomic E-state index is -4.35. The minimum absolute atomic E-state index is 0.0113. The van der Waals surface area contributed by atoms with Gasteiger partial charge < -0.3 is 14.5 Å². The van der Waals surface area contributed by atoms with Crippen LogP contribution in [-0.4, -0.2) is 72.2 Å². The maximum Gasteiger partial charge on any atom is 0.358 e. The zero-order chi connectivity index (χ0) is 15.5. The van der Waals surface area contributed by atoms with E-state index in [1.807, 2.05) is 11.9 Å². The second-order valence-corrected chi connectivity index (χ2v) is 7.07. The molecule has 9 heteroatoms. The second kappa shape index (κ2) is 4.91. The second-order valence-electron chi connectivity index (χ2n) is 5.42. The van der Waals surface area contributed by atoms with Crippen molar-refractivity contribution in [1.82, 2.24) is 9.80 Å². The van der Waals surface area contributed by atoms with Crippen molar-refractivity contribution in [3.63, 3.8) is 0 Å². The van der Waals surface area contributed by atoms with Crippen LogP contribution in [0.15, 0.2) is 10.7 Å². The number of rotatable bonds is 1. The predicted molar refractivity (Wildman–Crippen MR) is 73.0 cm³/mol. The van der Waals surface area contributed by atoms with E-state index in [1.165, 1.54) is 4.90 Å². The topological polar surface area (TPSA) is 15.7 Å². The molecule has 2 fully saturated rings. The molecule has 0 bridgehead atoms. The van der Waals surface area contributed by atoms with E-state index in [0.717, 1.165) is 0 Å². The molecule has 2 heterocycles. The average Bonchev–Trinajstić information content (AvgIpc) is 2.94. The molecule has 3 nitrogen and oxygen atoms in total. The van der Waals surface area contributed by atoms with E-state index in [2.05, 4.69) is 0 Å². The van der Waals surface area contributed by atoms with Gasteiger partial charge in [-0.2, -0.15) is 17.6 Å². The van der Waals surface area contributed by atoms with Crippen LogP contribution < -0.4 is 0 Å². The molecule has 0 aromatic rings. The fourth-order valence-electron chi connectivity index (χ4n) is 2.87. The number of nitrogens with zero attached hydrogens (tertiary/aromatic N) is 2. The first-order valence-electron chi connectivity index (χ1n) is 6.62. The number of hydrogen-bond acceptors (Lipinski definition) is 4. The molecular weight excluding hydrogens is 332 g/mol. The number of likely N-dealkylation sites (N-methyl/N-ethyl adjacent to an activating group) is 1. The highest BCUT2D eigenvalue weighted by atomic mass is 35.5. The summed E-state index contributed by atoms with van der Waals surface area (Å²) in [6.45, 7) is 1.53. The van der Waals surface area contributed by atoms with Crippen molar-refractivity contribution in [3.8, 4) is 0 Å². The van der Waals surface area contributed by atoms with Gasteiger partial charge in [-0.3, -0.25) is 0 Å². The molecule has 2 saturated heterocycles. The smallest absolute Gasteiger partial charge is 0.358 e. The highest BCUT2D eigenvalue weighted by Gasteiger charge is 2.80. The Morgan fingerprint density at radius 3 is 2.29 bits per heavy atom. The molecule has 0 radical (unpaired) electrons. The monoisotopic (exact) mass is 346 g/mol. The van der Waals surface area contributed by atoms with E-state index in [-0.39, 0.29) is 25.4 Å². The van der Waals surface area contributed by atoms with Gasteiger partial charge >= 0.3 is 11.8 Å². The Hall–Kier alpha value is -0.180. The van der Waals surface area contributed by atoms with Crippen molar-refractivity contribution in [2.45, 2.75) is 16.8 Å². The normalized spacial score (nSPS) is 36.0. The van der Waals surface area contributed by atoms with Crippen LogP contribution in [-0.2, 0) is 4.74 Å². The maximum absolute atomic E-state index is 14.4. The molecule has 3 aliphatic rings. The first kappa shape index (κ1) is 15.7. The van der Waals surface area contributed by atoms with Crippen LogP contribution in [0.4, 0.5) is 17.6 Å². The van der Waals surface area contributed by atoms with Gasteiger partial charge in [0.05, 0.1) is 11.6 Å². The van der Waals surface area contributed by atoms with E-state index < -0.39 is 27.5 Å². The number of halogens is 5. The van der Waals surface area contributed by atoms with Gasteiger partial charge in [0, 0.05) is 31.9 Å². The number of piperazine rings is 1. The van der Waals surface area contributed by atoms with Crippen molar-refractivity contribution in [2.24, 2.45) is 0 Å². The first-order chi connectivity index (χ1) is 9.74. The predicted octanol–water partition coefficient (Wildman–Crippen LogP) is 2.43. The molecule has 1 spiro atoms. The van der Waals surface area contributed by atoms with Crippen LogP contribution in [0.1, 0.15) is 0 Å². The Kier molecular flexibility index (Phi) is 3.67. The van der Waals surface area contributed by atoms with Gasteiger partial charge in [-0.15, -0.1) is 11.8 Å². The van der Waals surface area contributed by atoms with E-state index in [1.54, 1.807) is 0 Å². The zero-order valence-electron chi connectivity index (χ0n) is 11.3. The zero-order valence-corrected chi connectivity index (χ0v) is 12.9. The lowest BCUT2D eigenvalue weighted by Crippen LogP contribution is -2.54. The van der Waals surface area contributed by atoms with Crippen LogP contribution in [0.3, 0.4) is 0 Å². The highest BCUT2D eigenvalue weighted by molar-refractivity contribution is 8.01. The molecule has 1 aliphatic carbocycles. The number of thioether (sulfide) groups is 1. The lowest BCUT2D eigenvalue weighted by atomic mass is 10.1. The highest BCUT2D eigenvalue weighted by Crippen LogP contribution is 2.65. The summed E-state index contributed by atoms with van der Waals surface area (Å²) in [5.74, 6) is -8.45. The summed E-state index contributed by atoms with van der Waals surface area (Å²) < 4.78 is 62.5. The quantitative estimate of drug-likeness (QED) is 0.677. The summed E-state index contributed by atoms with van der Waals surface area (Å²) in [5.41, 5.74) is -0.767. The average molecular weight is 347 g/mol. The fourth-order valence-corrected chi connectivity index (χ4v) is 4.60. The minimum Gasteiger partial charge on any atom is -0.366 e. The Bertz CT molecular complexity index is 474. The molecule has 0 saturated carbocycles. The molecule has 0 aromatic carbocycles. The lowest BCUT2D eigenvalue weighted by molar-refractivity contribution is -0.233. The van der Waals surface area contributed by atoms with E-state index in [4.69, 9.17) is 16.3 Å². The third-order valence-electron chi connectivity index (χ3n) is 4.12. The Labute approximate surface area is 129 Å². The van der Waals surface area contributed by atoms with E-state index in [9.17, 15) is 17.6 Å². The van der Waals surface area contributed by atoms with Crippen molar-refractivity contribution >= 4 is 23.4 Å². The molecule has 2 aliphatic heterocycles. The van der Waals surface area contributed by atoms with Crippen LogP contribution in [0.5, 0.6) is 0 Å². The fraction of sp³-hybridized carbons (Fsp3) is 0.833. The summed E-state index contributed by atoms with van der Waals surface area (Å²) in [6, 6.07) is 0. The summed E-state index contributed by atoms with van der Waals surface area (Å²) in [4.78, 5) is 0.788. The van der Waals surface area contributed by atoms with Gasteiger partial charge in [-0.1, -0.05) is 11.6 Å². The number of ether oxygens (including phenoxy) is 1. The van der Waals surface area contributed by atoms with Crippen LogP contribution in [0.25, 0.3) is 0 Å². The van der Waals surface area contributed by atoms with Gasteiger partial charge in [-0.05, 0) is 7.05 Å². The Balaban J connectivity index is 2.03. The molecule has 21 heavy (non-hydrogen) atoms. The number of alkyl halides is 4. The number of hydrogen-bond donors (Lipinski definition) is 0. The summed E-state index contributed by atoms with van der Waals surface area (Å²) in [7, 11) is 1.85. The molecule has 0 N–H and O–H groups in total. The van der Waals surface area contributed by atoms with Gasteiger partial charge in [0.1, 0.15) is 5.70 Å². The first-order valence-corrected chi connectivity index (χ1v) is 7.98. The van der Waals surface area contributed by atoms with Gasteiger partial charge in [-0.25, -0.2) is 0 Å².